The zero-order chi connectivity index (χ0) is 21.6. The predicted molar refractivity (Wildman–Crippen MR) is 131 cm³/mol. The molecule has 0 atom stereocenters. The summed E-state index contributed by atoms with van der Waals surface area (Å²) in [7, 11) is 0. The summed E-state index contributed by atoms with van der Waals surface area (Å²) in [5.41, 5.74) is 4.13. The van der Waals surface area contributed by atoms with E-state index in [1.54, 1.807) is 11.3 Å². The maximum Gasteiger partial charge on any atom is 0.195 e. The Labute approximate surface area is 194 Å². The van der Waals surface area contributed by atoms with Crippen molar-refractivity contribution in [3.05, 3.63) is 87.5 Å². The molecule has 0 aliphatic heterocycles. The summed E-state index contributed by atoms with van der Waals surface area (Å²) in [6.07, 6.45) is 0. The summed E-state index contributed by atoms with van der Waals surface area (Å²) in [5, 5.41) is 2.15. The lowest BCUT2D eigenvalue weighted by atomic mass is 10.1. The van der Waals surface area contributed by atoms with Gasteiger partial charge in [-0.2, -0.15) is 0 Å². The van der Waals surface area contributed by atoms with E-state index in [2.05, 4.69) is 62.3 Å². The van der Waals surface area contributed by atoms with Gasteiger partial charge < -0.3 is 9.47 Å². The monoisotopic (exact) mass is 494 g/mol. The molecule has 1 heterocycles. The lowest BCUT2D eigenvalue weighted by molar-refractivity contribution is 0.340. The van der Waals surface area contributed by atoms with Crippen molar-refractivity contribution in [3.63, 3.8) is 0 Å². The summed E-state index contributed by atoms with van der Waals surface area (Å²) >= 11 is 5.14. The van der Waals surface area contributed by atoms with Gasteiger partial charge in [-0.1, -0.05) is 28.1 Å². The van der Waals surface area contributed by atoms with Gasteiger partial charge in [0.25, 0.3) is 0 Å². The molecule has 0 radical (unpaired) electrons. The zero-order valence-electron chi connectivity index (χ0n) is 17.4. The standard InChI is InChI=1S/C25H23BrN2O2S/c1-3-29-22-13-9-20(10-14-22)27-25-28(21-11-15-23(16-12-21)30-4-2)24(17-31-25)18-5-7-19(26)8-6-18/h5-17H,3-4H2,1-2H3. The van der Waals surface area contributed by atoms with Crippen LogP contribution in [-0.2, 0) is 0 Å². The minimum absolute atomic E-state index is 0.646. The summed E-state index contributed by atoms with van der Waals surface area (Å²) in [4.78, 5) is 5.82. The van der Waals surface area contributed by atoms with Crippen LogP contribution >= 0.6 is 27.3 Å². The van der Waals surface area contributed by atoms with Crippen molar-refractivity contribution >= 4 is 33.0 Å². The van der Waals surface area contributed by atoms with Gasteiger partial charge >= 0.3 is 0 Å². The van der Waals surface area contributed by atoms with Crippen LogP contribution in [0.15, 0.2) is 87.6 Å². The lowest BCUT2D eigenvalue weighted by Crippen LogP contribution is -2.13. The molecule has 4 aromatic rings. The summed E-state index contributed by atoms with van der Waals surface area (Å²) in [6, 6.07) is 24.3. The first-order valence-corrected chi connectivity index (χ1v) is 11.8. The quantitative estimate of drug-likeness (QED) is 0.277. The van der Waals surface area contributed by atoms with Crippen molar-refractivity contribution in [2.24, 2.45) is 4.99 Å². The molecule has 0 N–H and O–H groups in total. The van der Waals surface area contributed by atoms with Gasteiger partial charge in [0.15, 0.2) is 4.80 Å². The van der Waals surface area contributed by atoms with E-state index in [-0.39, 0.29) is 0 Å². The van der Waals surface area contributed by atoms with Crippen LogP contribution in [0.4, 0.5) is 5.69 Å². The molecule has 3 aromatic carbocycles. The first-order valence-electron chi connectivity index (χ1n) is 10.1. The largest absolute Gasteiger partial charge is 0.494 e. The Kier molecular flexibility index (Phi) is 6.89. The highest BCUT2D eigenvalue weighted by Crippen LogP contribution is 2.27. The highest BCUT2D eigenvalue weighted by Gasteiger charge is 2.11. The Balaban J connectivity index is 1.82. The van der Waals surface area contributed by atoms with Gasteiger partial charge in [0.05, 0.1) is 24.6 Å². The van der Waals surface area contributed by atoms with Crippen LogP contribution < -0.4 is 14.3 Å². The van der Waals surface area contributed by atoms with E-state index in [1.807, 2.05) is 50.2 Å². The molecule has 0 saturated carbocycles. The second-order valence-electron chi connectivity index (χ2n) is 6.71. The van der Waals surface area contributed by atoms with E-state index in [0.717, 1.165) is 43.4 Å². The van der Waals surface area contributed by atoms with Crippen molar-refractivity contribution in [2.75, 3.05) is 13.2 Å². The molecular formula is C25H23BrN2O2S. The predicted octanol–water partition coefficient (Wildman–Crippen LogP) is 7.00. The van der Waals surface area contributed by atoms with Gasteiger partial charge in [-0.3, -0.25) is 4.57 Å². The molecule has 0 aliphatic rings. The van der Waals surface area contributed by atoms with E-state index >= 15 is 0 Å². The van der Waals surface area contributed by atoms with Gasteiger partial charge in [0.2, 0.25) is 0 Å². The smallest absolute Gasteiger partial charge is 0.195 e. The molecule has 0 unspecified atom stereocenters. The fourth-order valence-electron chi connectivity index (χ4n) is 3.21. The van der Waals surface area contributed by atoms with Gasteiger partial charge in [0, 0.05) is 15.5 Å². The highest BCUT2D eigenvalue weighted by atomic mass is 79.9. The minimum Gasteiger partial charge on any atom is -0.494 e. The van der Waals surface area contributed by atoms with Crippen LogP contribution in [0.5, 0.6) is 11.5 Å². The van der Waals surface area contributed by atoms with Crippen molar-refractivity contribution < 1.29 is 9.47 Å². The molecule has 1 aromatic heterocycles. The van der Waals surface area contributed by atoms with E-state index in [4.69, 9.17) is 14.5 Å². The summed E-state index contributed by atoms with van der Waals surface area (Å²) in [5.74, 6) is 1.71. The molecule has 4 rings (SSSR count). The molecule has 0 amide bonds. The number of benzene rings is 3. The number of aromatic nitrogens is 1. The second-order valence-corrected chi connectivity index (χ2v) is 8.46. The van der Waals surface area contributed by atoms with Crippen LogP contribution in [-0.4, -0.2) is 17.8 Å². The van der Waals surface area contributed by atoms with Crippen molar-refractivity contribution in [1.29, 1.82) is 0 Å². The number of halogens is 1. The first-order chi connectivity index (χ1) is 15.2. The molecule has 0 spiro atoms. The Hall–Kier alpha value is -2.83. The number of thiazole rings is 1. The molecule has 4 nitrogen and oxygen atoms in total. The lowest BCUT2D eigenvalue weighted by Gasteiger charge is -2.11. The van der Waals surface area contributed by atoms with E-state index < -0.39 is 0 Å². The zero-order valence-corrected chi connectivity index (χ0v) is 19.8. The van der Waals surface area contributed by atoms with Crippen LogP contribution in [0.3, 0.4) is 0 Å². The van der Waals surface area contributed by atoms with Gasteiger partial charge in [0.1, 0.15) is 11.5 Å². The Bertz CT molecular complexity index is 1190. The molecule has 158 valence electrons. The second kappa shape index (κ2) is 9.98. The minimum atomic E-state index is 0.646. The summed E-state index contributed by atoms with van der Waals surface area (Å²) < 4.78 is 14.4. The Morgan fingerprint density at radius 2 is 1.39 bits per heavy atom. The maximum atomic E-state index is 5.62. The molecule has 31 heavy (non-hydrogen) atoms. The third kappa shape index (κ3) is 5.09. The topological polar surface area (TPSA) is 35.8 Å². The number of nitrogens with zero attached hydrogens (tertiary/aromatic N) is 2. The third-order valence-electron chi connectivity index (χ3n) is 4.63. The molecular weight excluding hydrogens is 472 g/mol. The van der Waals surface area contributed by atoms with E-state index in [9.17, 15) is 0 Å². The number of rotatable bonds is 7. The van der Waals surface area contributed by atoms with Crippen LogP contribution in [0.2, 0.25) is 0 Å². The Morgan fingerprint density at radius 1 is 0.806 bits per heavy atom. The maximum absolute atomic E-state index is 5.62. The fourth-order valence-corrected chi connectivity index (χ4v) is 4.40. The van der Waals surface area contributed by atoms with E-state index in [0.29, 0.717) is 13.2 Å². The molecule has 0 bridgehead atoms. The molecule has 6 heteroatoms. The van der Waals surface area contributed by atoms with Crippen LogP contribution in [0, 0.1) is 0 Å². The number of ether oxygens (including phenoxy) is 2. The highest BCUT2D eigenvalue weighted by molar-refractivity contribution is 9.10. The van der Waals surface area contributed by atoms with Crippen molar-refractivity contribution in [3.8, 4) is 28.4 Å². The first kappa shape index (κ1) is 21.4. The van der Waals surface area contributed by atoms with Gasteiger partial charge in [-0.05, 0) is 80.1 Å². The summed E-state index contributed by atoms with van der Waals surface area (Å²) in [6.45, 7) is 5.26. The average Bonchev–Trinajstić information content (AvgIpc) is 3.20. The van der Waals surface area contributed by atoms with Crippen molar-refractivity contribution in [1.82, 2.24) is 4.57 Å². The number of hydrogen-bond donors (Lipinski definition) is 0. The van der Waals surface area contributed by atoms with Gasteiger partial charge in [-0.25, -0.2) is 4.99 Å². The van der Waals surface area contributed by atoms with E-state index in [1.165, 1.54) is 0 Å². The third-order valence-corrected chi connectivity index (χ3v) is 5.98. The van der Waals surface area contributed by atoms with Crippen molar-refractivity contribution in [2.45, 2.75) is 13.8 Å². The Morgan fingerprint density at radius 3 is 1.97 bits per heavy atom. The normalized spacial score (nSPS) is 11.5. The SMILES string of the molecule is CCOc1ccc(N=c2scc(-c3ccc(Br)cc3)n2-c2ccc(OCC)cc2)cc1. The molecule has 0 saturated heterocycles. The average molecular weight is 495 g/mol. The van der Waals surface area contributed by atoms with Gasteiger partial charge in [-0.15, -0.1) is 11.3 Å². The fraction of sp³-hybridized carbons (Fsp3) is 0.160. The molecule has 0 fully saturated rings. The molecule has 0 aliphatic carbocycles. The van der Waals surface area contributed by atoms with Crippen LogP contribution in [0.25, 0.3) is 16.9 Å². The number of hydrogen-bond acceptors (Lipinski definition) is 4. The van der Waals surface area contributed by atoms with Crippen LogP contribution in [0.1, 0.15) is 13.8 Å².